The minimum atomic E-state index is -0.424. The van der Waals surface area contributed by atoms with Crippen LogP contribution in [0, 0.1) is 13.8 Å². The standard InChI is InChI=1S/C18H17N3O3S/c1-11-5-3-4-6-14(11)15-10-25-18(19-15)20-16(23)9-21-12(2)7-13(22)8-17(21)24/h3-8,10,22H,9H2,1-2H3,(H,19,20,23). The Morgan fingerprint density at radius 3 is 2.76 bits per heavy atom. The molecule has 0 unspecified atom stereocenters. The summed E-state index contributed by atoms with van der Waals surface area (Å²) in [6.45, 7) is 3.53. The van der Waals surface area contributed by atoms with E-state index in [0.717, 1.165) is 22.9 Å². The van der Waals surface area contributed by atoms with Gasteiger partial charge in [-0.2, -0.15) is 0 Å². The summed E-state index contributed by atoms with van der Waals surface area (Å²) in [6.07, 6.45) is 0. The normalized spacial score (nSPS) is 10.6. The first kappa shape index (κ1) is 16.9. The molecule has 0 saturated carbocycles. The summed E-state index contributed by atoms with van der Waals surface area (Å²) in [5.74, 6) is -0.455. The van der Waals surface area contributed by atoms with E-state index < -0.39 is 5.56 Å². The molecule has 2 heterocycles. The highest BCUT2D eigenvalue weighted by Crippen LogP contribution is 2.27. The van der Waals surface area contributed by atoms with Crippen molar-refractivity contribution in [2.45, 2.75) is 20.4 Å². The molecule has 2 aromatic heterocycles. The molecule has 0 fully saturated rings. The van der Waals surface area contributed by atoms with Gasteiger partial charge in [0.25, 0.3) is 5.56 Å². The number of thiazole rings is 1. The fourth-order valence-electron chi connectivity index (χ4n) is 2.53. The van der Waals surface area contributed by atoms with E-state index in [1.807, 2.05) is 36.6 Å². The van der Waals surface area contributed by atoms with Crippen molar-refractivity contribution in [2.75, 3.05) is 5.32 Å². The number of hydrogen-bond donors (Lipinski definition) is 2. The zero-order valence-corrected chi connectivity index (χ0v) is 14.6. The molecule has 0 saturated heterocycles. The van der Waals surface area contributed by atoms with E-state index in [1.54, 1.807) is 6.92 Å². The molecule has 25 heavy (non-hydrogen) atoms. The minimum Gasteiger partial charge on any atom is -0.508 e. The number of benzene rings is 1. The largest absolute Gasteiger partial charge is 0.508 e. The maximum absolute atomic E-state index is 12.2. The van der Waals surface area contributed by atoms with Crippen molar-refractivity contribution in [3.8, 4) is 17.0 Å². The van der Waals surface area contributed by atoms with Gasteiger partial charge in [0, 0.05) is 22.7 Å². The molecule has 7 heteroatoms. The summed E-state index contributed by atoms with van der Waals surface area (Å²) in [4.78, 5) is 28.5. The second-order valence-electron chi connectivity index (χ2n) is 5.68. The van der Waals surface area contributed by atoms with Crippen LogP contribution in [0.2, 0.25) is 0 Å². The Morgan fingerprint density at radius 2 is 2.04 bits per heavy atom. The summed E-state index contributed by atoms with van der Waals surface area (Å²) in [5, 5.41) is 14.5. The van der Waals surface area contributed by atoms with Crippen molar-refractivity contribution < 1.29 is 9.90 Å². The summed E-state index contributed by atoms with van der Waals surface area (Å²) >= 11 is 1.33. The van der Waals surface area contributed by atoms with Gasteiger partial charge in [0.2, 0.25) is 5.91 Å². The van der Waals surface area contributed by atoms with E-state index in [1.165, 1.54) is 22.0 Å². The van der Waals surface area contributed by atoms with Crippen LogP contribution in [0.1, 0.15) is 11.3 Å². The lowest BCUT2D eigenvalue weighted by Gasteiger charge is -2.09. The third-order valence-corrected chi connectivity index (χ3v) is 4.55. The molecule has 0 aliphatic heterocycles. The summed E-state index contributed by atoms with van der Waals surface area (Å²) in [7, 11) is 0. The smallest absolute Gasteiger partial charge is 0.254 e. The Balaban J connectivity index is 1.75. The molecule has 0 radical (unpaired) electrons. The molecule has 1 amide bonds. The van der Waals surface area contributed by atoms with Gasteiger partial charge in [-0.25, -0.2) is 4.98 Å². The fraction of sp³-hybridized carbons (Fsp3) is 0.167. The lowest BCUT2D eigenvalue weighted by Crippen LogP contribution is -2.28. The lowest BCUT2D eigenvalue weighted by molar-refractivity contribution is -0.116. The van der Waals surface area contributed by atoms with Gasteiger partial charge in [0.15, 0.2) is 5.13 Å². The minimum absolute atomic E-state index is 0.109. The predicted molar refractivity (Wildman–Crippen MR) is 98.0 cm³/mol. The van der Waals surface area contributed by atoms with Gasteiger partial charge < -0.3 is 15.0 Å². The zero-order valence-electron chi connectivity index (χ0n) is 13.8. The molecule has 0 aliphatic carbocycles. The summed E-state index contributed by atoms with van der Waals surface area (Å²) in [5.41, 5.74) is 3.02. The lowest BCUT2D eigenvalue weighted by atomic mass is 10.1. The van der Waals surface area contributed by atoms with Gasteiger partial charge in [-0.15, -0.1) is 11.3 Å². The molecular weight excluding hydrogens is 338 g/mol. The second kappa shape index (κ2) is 6.90. The number of carbonyl (C=O) groups is 1. The molecule has 0 atom stereocenters. The number of amides is 1. The molecular formula is C18H17N3O3S. The van der Waals surface area contributed by atoms with E-state index in [9.17, 15) is 14.7 Å². The Kier molecular flexibility index (Phi) is 4.67. The van der Waals surface area contributed by atoms with Crippen LogP contribution >= 0.6 is 11.3 Å². The van der Waals surface area contributed by atoms with E-state index in [0.29, 0.717) is 10.8 Å². The number of aryl methyl sites for hydroxylation is 2. The van der Waals surface area contributed by atoms with Gasteiger partial charge in [-0.3, -0.25) is 9.59 Å². The molecule has 128 valence electrons. The molecule has 1 aromatic carbocycles. The van der Waals surface area contributed by atoms with Gasteiger partial charge in [-0.1, -0.05) is 24.3 Å². The first-order chi connectivity index (χ1) is 11.9. The summed E-state index contributed by atoms with van der Waals surface area (Å²) < 4.78 is 1.30. The fourth-order valence-corrected chi connectivity index (χ4v) is 3.26. The number of aromatic hydroxyl groups is 1. The molecule has 3 aromatic rings. The van der Waals surface area contributed by atoms with Crippen molar-refractivity contribution in [1.29, 1.82) is 0 Å². The van der Waals surface area contributed by atoms with Crippen LogP contribution in [-0.4, -0.2) is 20.6 Å². The van der Waals surface area contributed by atoms with Crippen LogP contribution in [0.3, 0.4) is 0 Å². The molecule has 0 spiro atoms. The molecule has 3 rings (SSSR count). The Morgan fingerprint density at radius 1 is 1.28 bits per heavy atom. The number of nitrogens with zero attached hydrogens (tertiary/aromatic N) is 2. The zero-order chi connectivity index (χ0) is 18.0. The van der Waals surface area contributed by atoms with E-state index in [2.05, 4.69) is 10.3 Å². The van der Waals surface area contributed by atoms with Crippen LogP contribution in [0.5, 0.6) is 5.75 Å². The SMILES string of the molecule is Cc1ccccc1-c1csc(NC(=O)Cn2c(C)cc(O)cc2=O)n1. The maximum atomic E-state index is 12.2. The third-order valence-electron chi connectivity index (χ3n) is 3.79. The average molecular weight is 355 g/mol. The van der Waals surface area contributed by atoms with Gasteiger partial charge in [-0.05, 0) is 25.5 Å². The maximum Gasteiger partial charge on any atom is 0.254 e. The van der Waals surface area contributed by atoms with Crippen LogP contribution in [-0.2, 0) is 11.3 Å². The van der Waals surface area contributed by atoms with Gasteiger partial charge in [0.05, 0.1) is 5.69 Å². The Labute approximate surface area is 148 Å². The van der Waals surface area contributed by atoms with Crippen molar-refractivity contribution >= 4 is 22.4 Å². The quantitative estimate of drug-likeness (QED) is 0.754. The number of rotatable bonds is 4. The number of carbonyl (C=O) groups excluding carboxylic acids is 1. The van der Waals surface area contributed by atoms with E-state index in [-0.39, 0.29) is 18.2 Å². The third kappa shape index (κ3) is 3.77. The van der Waals surface area contributed by atoms with Crippen molar-refractivity contribution in [3.63, 3.8) is 0 Å². The Bertz CT molecular complexity index is 991. The first-order valence-electron chi connectivity index (χ1n) is 7.66. The number of anilines is 1. The highest BCUT2D eigenvalue weighted by atomic mass is 32.1. The highest BCUT2D eigenvalue weighted by molar-refractivity contribution is 7.14. The van der Waals surface area contributed by atoms with Crippen molar-refractivity contribution in [2.24, 2.45) is 0 Å². The topological polar surface area (TPSA) is 84.2 Å². The van der Waals surface area contributed by atoms with E-state index >= 15 is 0 Å². The van der Waals surface area contributed by atoms with Crippen molar-refractivity contribution in [3.05, 3.63) is 63.4 Å². The number of aromatic nitrogens is 2. The van der Waals surface area contributed by atoms with Crippen LogP contribution < -0.4 is 10.9 Å². The predicted octanol–water partition coefficient (Wildman–Crippen LogP) is 2.93. The van der Waals surface area contributed by atoms with Gasteiger partial charge in [0.1, 0.15) is 12.3 Å². The monoisotopic (exact) mass is 355 g/mol. The number of hydrogen-bond acceptors (Lipinski definition) is 5. The molecule has 0 bridgehead atoms. The average Bonchev–Trinajstić information content (AvgIpc) is 2.99. The number of nitrogens with one attached hydrogen (secondary N) is 1. The second-order valence-corrected chi connectivity index (χ2v) is 6.54. The van der Waals surface area contributed by atoms with Gasteiger partial charge >= 0.3 is 0 Å². The Hall–Kier alpha value is -2.93. The molecule has 0 aliphatic rings. The molecule has 6 nitrogen and oxygen atoms in total. The van der Waals surface area contributed by atoms with Crippen LogP contribution in [0.25, 0.3) is 11.3 Å². The van der Waals surface area contributed by atoms with Crippen molar-refractivity contribution in [1.82, 2.24) is 9.55 Å². The van der Waals surface area contributed by atoms with E-state index in [4.69, 9.17) is 0 Å². The van der Waals surface area contributed by atoms with Crippen LogP contribution in [0.15, 0.2) is 46.6 Å². The number of pyridine rings is 1. The summed E-state index contributed by atoms with van der Waals surface area (Å²) in [6, 6.07) is 10.4. The molecule has 2 N–H and O–H groups in total. The van der Waals surface area contributed by atoms with Crippen LogP contribution in [0.4, 0.5) is 5.13 Å². The highest BCUT2D eigenvalue weighted by Gasteiger charge is 2.12. The first-order valence-corrected chi connectivity index (χ1v) is 8.54.